The number of carboxylic acid groups (broad SMARTS) is 1. The van der Waals surface area contributed by atoms with Crippen LogP contribution in [0.3, 0.4) is 0 Å². The molecule has 0 fully saturated rings. The second kappa shape index (κ2) is 7.56. The summed E-state index contributed by atoms with van der Waals surface area (Å²) in [5.74, 6) is -0.781. The average molecular weight is 262 g/mol. The third kappa shape index (κ3) is 5.55. The molecule has 1 atom stereocenters. The standard InChI is InChI=1S/C15H21NO3/c1-3-11(2)12-7-9-13(10-8-12)16-14(17)5-4-6-15(18)19/h7-11H,3-6H2,1-2H3,(H,16,17)(H,18,19)/p-1/t11-/m0/s1. The molecule has 0 saturated heterocycles. The van der Waals surface area contributed by atoms with Crippen molar-refractivity contribution in [2.24, 2.45) is 0 Å². The molecular formula is C15H20NO3-. The van der Waals surface area contributed by atoms with Crippen molar-refractivity contribution in [2.45, 2.75) is 45.4 Å². The maximum absolute atomic E-state index is 11.5. The molecule has 4 heteroatoms. The lowest BCUT2D eigenvalue weighted by atomic mass is 9.99. The molecule has 19 heavy (non-hydrogen) atoms. The SMILES string of the molecule is CC[C@H](C)c1ccc(NC(=O)CCCC(=O)[O-])cc1. The molecule has 0 spiro atoms. The number of anilines is 1. The monoisotopic (exact) mass is 262 g/mol. The predicted octanol–water partition coefficient (Wildman–Crippen LogP) is 2.06. The van der Waals surface area contributed by atoms with Crippen molar-refractivity contribution in [3.05, 3.63) is 29.8 Å². The number of carboxylic acids is 1. The van der Waals surface area contributed by atoms with E-state index in [-0.39, 0.29) is 18.7 Å². The zero-order valence-electron chi connectivity index (χ0n) is 11.4. The Bertz CT molecular complexity index is 426. The maximum atomic E-state index is 11.5. The van der Waals surface area contributed by atoms with Gasteiger partial charge in [0.05, 0.1) is 0 Å². The van der Waals surface area contributed by atoms with Crippen molar-refractivity contribution >= 4 is 17.6 Å². The van der Waals surface area contributed by atoms with E-state index in [0.717, 1.165) is 12.1 Å². The number of carbonyl (C=O) groups is 2. The van der Waals surface area contributed by atoms with Crippen LogP contribution < -0.4 is 10.4 Å². The summed E-state index contributed by atoms with van der Waals surface area (Å²) in [6.45, 7) is 4.30. The van der Waals surface area contributed by atoms with Gasteiger partial charge in [0.1, 0.15) is 0 Å². The molecule has 0 saturated carbocycles. The van der Waals surface area contributed by atoms with Crippen LogP contribution in [0.1, 0.15) is 51.0 Å². The summed E-state index contributed by atoms with van der Waals surface area (Å²) in [6, 6.07) is 7.76. The molecule has 1 amide bonds. The van der Waals surface area contributed by atoms with Gasteiger partial charge < -0.3 is 15.2 Å². The molecule has 4 nitrogen and oxygen atoms in total. The van der Waals surface area contributed by atoms with E-state index < -0.39 is 5.97 Å². The lowest BCUT2D eigenvalue weighted by Gasteiger charge is -2.10. The minimum absolute atomic E-state index is 0.0830. The van der Waals surface area contributed by atoms with Crippen LogP contribution in [-0.4, -0.2) is 11.9 Å². The van der Waals surface area contributed by atoms with Crippen molar-refractivity contribution in [3.8, 4) is 0 Å². The third-order valence-corrected chi connectivity index (χ3v) is 3.16. The number of rotatable bonds is 7. The summed E-state index contributed by atoms with van der Waals surface area (Å²) in [4.78, 5) is 21.8. The first kappa shape index (κ1) is 15.2. The number of aliphatic carboxylic acids is 1. The average Bonchev–Trinajstić information content (AvgIpc) is 2.38. The van der Waals surface area contributed by atoms with E-state index in [1.54, 1.807) is 0 Å². The van der Waals surface area contributed by atoms with Crippen LogP contribution in [0, 0.1) is 0 Å². The summed E-state index contributed by atoms with van der Waals surface area (Å²) >= 11 is 0. The highest BCUT2D eigenvalue weighted by Gasteiger charge is 2.05. The summed E-state index contributed by atoms with van der Waals surface area (Å²) in [5.41, 5.74) is 1.99. The van der Waals surface area contributed by atoms with Crippen LogP contribution in [0.25, 0.3) is 0 Å². The predicted molar refractivity (Wildman–Crippen MR) is 72.6 cm³/mol. The van der Waals surface area contributed by atoms with Crippen LogP contribution in [0.5, 0.6) is 0 Å². The zero-order valence-corrected chi connectivity index (χ0v) is 11.4. The first-order chi connectivity index (χ1) is 9.02. The highest BCUT2D eigenvalue weighted by atomic mass is 16.4. The number of benzene rings is 1. The zero-order chi connectivity index (χ0) is 14.3. The second-order valence-electron chi connectivity index (χ2n) is 4.71. The first-order valence-electron chi connectivity index (χ1n) is 6.62. The minimum atomic E-state index is -1.12. The normalized spacial score (nSPS) is 11.9. The van der Waals surface area contributed by atoms with Crippen molar-refractivity contribution < 1.29 is 14.7 Å². The van der Waals surface area contributed by atoms with E-state index in [9.17, 15) is 14.7 Å². The fraction of sp³-hybridized carbons (Fsp3) is 0.467. The Morgan fingerprint density at radius 2 is 1.84 bits per heavy atom. The lowest BCUT2D eigenvalue weighted by molar-refractivity contribution is -0.305. The van der Waals surface area contributed by atoms with Gasteiger partial charge in [-0.15, -0.1) is 0 Å². The van der Waals surface area contributed by atoms with Gasteiger partial charge in [0.15, 0.2) is 0 Å². The second-order valence-corrected chi connectivity index (χ2v) is 4.71. The smallest absolute Gasteiger partial charge is 0.224 e. The van der Waals surface area contributed by atoms with Crippen LogP contribution >= 0.6 is 0 Å². The van der Waals surface area contributed by atoms with Crippen LogP contribution in [0.15, 0.2) is 24.3 Å². The largest absolute Gasteiger partial charge is 0.550 e. The fourth-order valence-electron chi connectivity index (χ4n) is 1.75. The molecule has 104 valence electrons. The van der Waals surface area contributed by atoms with Gasteiger partial charge in [0.25, 0.3) is 0 Å². The van der Waals surface area contributed by atoms with E-state index in [1.165, 1.54) is 5.56 Å². The quantitative estimate of drug-likeness (QED) is 0.817. The number of hydrogen-bond donors (Lipinski definition) is 1. The molecule has 1 rings (SSSR count). The van der Waals surface area contributed by atoms with Crippen molar-refractivity contribution in [1.82, 2.24) is 0 Å². The highest BCUT2D eigenvalue weighted by Crippen LogP contribution is 2.20. The van der Waals surface area contributed by atoms with Gasteiger partial charge in [-0.3, -0.25) is 4.79 Å². The molecule has 0 aromatic heterocycles. The van der Waals surface area contributed by atoms with Crippen LogP contribution in [-0.2, 0) is 9.59 Å². The molecular weight excluding hydrogens is 242 g/mol. The van der Waals surface area contributed by atoms with Crippen molar-refractivity contribution in [1.29, 1.82) is 0 Å². The van der Waals surface area contributed by atoms with E-state index in [2.05, 4.69) is 19.2 Å². The molecule has 0 aliphatic rings. The molecule has 0 radical (unpaired) electrons. The summed E-state index contributed by atoms with van der Waals surface area (Å²) in [6.07, 6.45) is 1.50. The molecule has 0 aliphatic heterocycles. The van der Waals surface area contributed by atoms with Crippen LogP contribution in [0.2, 0.25) is 0 Å². The van der Waals surface area contributed by atoms with E-state index in [4.69, 9.17) is 0 Å². The Kier molecular flexibility index (Phi) is 6.06. The number of amides is 1. The van der Waals surface area contributed by atoms with Gasteiger partial charge in [-0.05, 0) is 42.9 Å². The van der Waals surface area contributed by atoms with Gasteiger partial charge in [0.2, 0.25) is 5.91 Å². The Balaban J connectivity index is 2.44. The Labute approximate surface area is 113 Å². The van der Waals surface area contributed by atoms with E-state index in [1.807, 2.05) is 24.3 Å². The number of carbonyl (C=O) groups excluding carboxylic acids is 2. The summed E-state index contributed by atoms with van der Waals surface area (Å²) in [5, 5.41) is 13.0. The lowest BCUT2D eigenvalue weighted by Crippen LogP contribution is -2.22. The fourth-order valence-corrected chi connectivity index (χ4v) is 1.75. The van der Waals surface area contributed by atoms with Gasteiger partial charge in [0, 0.05) is 18.1 Å². The minimum Gasteiger partial charge on any atom is -0.550 e. The van der Waals surface area contributed by atoms with Gasteiger partial charge in [-0.1, -0.05) is 26.0 Å². The number of hydrogen-bond acceptors (Lipinski definition) is 3. The molecule has 1 aromatic carbocycles. The Morgan fingerprint density at radius 1 is 1.21 bits per heavy atom. The van der Waals surface area contributed by atoms with Crippen LogP contribution in [0.4, 0.5) is 5.69 Å². The Hall–Kier alpha value is -1.84. The Morgan fingerprint density at radius 3 is 2.37 bits per heavy atom. The maximum Gasteiger partial charge on any atom is 0.224 e. The highest BCUT2D eigenvalue weighted by molar-refractivity contribution is 5.90. The third-order valence-electron chi connectivity index (χ3n) is 3.16. The summed E-state index contributed by atoms with van der Waals surface area (Å²) in [7, 11) is 0. The van der Waals surface area contributed by atoms with Gasteiger partial charge in [-0.25, -0.2) is 0 Å². The molecule has 0 aliphatic carbocycles. The first-order valence-corrected chi connectivity index (χ1v) is 6.62. The molecule has 1 aromatic rings. The van der Waals surface area contributed by atoms with Crippen molar-refractivity contribution in [2.75, 3.05) is 5.32 Å². The van der Waals surface area contributed by atoms with E-state index >= 15 is 0 Å². The van der Waals surface area contributed by atoms with E-state index in [0.29, 0.717) is 12.3 Å². The molecule has 1 N–H and O–H groups in total. The molecule has 0 unspecified atom stereocenters. The number of nitrogens with one attached hydrogen (secondary N) is 1. The molecule has 0 heterocycles. The summed E-state index contributed by atoms with van der Waals surface area (Å²) < 4.78 is 0. The van der Waals surface area contributed by atoms with Crippen molar-refractivity contribution in [3.63, 3.8) is 0 Å². The van der Waals surface area contributed by atoms with Gasteiger partial charge >= 0.3 is 0 Å². The topological polar surface area (TPSA) is 69.2 Å². The van der Waals surface area contributed by atoms with Gasteiger partial charge in [-0.2, -0.15) is 0 Å². The molecule has 0 bridgehead atoms.